The first-order chi connectivity index (χ1) is 15.1. The second-order valence-corrected chi connectivity index (χ2v) is 9.70. The molecule has 1 N–H and O–H groups in total. The Labute approximate surface area is 185 Å². The van der Waals surface area contributed by atoms with Crippen LogP contribution in [0.1, 0.15) is 11.3 Å². The van der Waals surface area contributed by atoms with Crippen molar-refractivity contribution in [3.8, 4) is 28.2 Å². The molecule has 0 amide bonds. The van der Waals surface area contributed by atoms with Crippen molar-refractivity contribution >= 4 is 21.2 Å². The standard InChI is InChI=1S/C21H16F3N3O3S2/c1-32(29,30)19-7-6-16(8-15(19)10-28)27-18(9-20(26-27)21(22,23)24)14-4-2-13(3-5-14)17-11-31-12-25-17/h2-9,11-12,28H,10H2,1H3. The number of halogens is 3. The molecular weight excluding hydrogens is 463 g/mol. The zero-order valence-corrected chi connectivity index (χ0v) is 18.2. The number of rotatable bonds is 5. The van der Waals surface area contributed by atoms with E-state index in [1.54, 1.807) is 29.8 Å². The fraction of sp³-hybridized carbons (Fsp3) is 0.143. The van der Waals surface area contributed by atoms with Crippen LogP contribution in [-0.2, 0) is 22.6 Å². The van der Waals surface area contributed by atoms with E-state index in [0.29, 0.717) is 5.56 Å². The molecule has 166 valence electrons. The Morgan fingerprint density at radius 3 is 2.31 bits per heavy atom. The highest BCUT2D eigenvalue weighted by Crippen LogP contribution is 2.34. The zero-order valence-electron chi connectivity index (χ0n) is 16.5. The first kappa shape index (κ1) is 22.2. The first-order valence-corrected chi connectivity index (χ1v) is 12.0. The number of aliphatic hydroxyl groups is 1. The van der Waals surface area contributed by atoms with Crippen molar-refractivity contribution < 1.29 is 26.7 Å². The van der Waals surface area contributed by atoms with Crippen molar-refractivity contribution in [1.29, 1.82) is 0 Å². The molecule has 4 aromatic rings. The lowest BCUT2D eigenvalue weighted by molar-refractivity contribution is -0.141. The molecule has 0 spiro atoms. The predicted octanol–water partition coefficient (Wildman–Crippen LogP) is 4.58. The fourth-order valence-corrected chi connectivity index (χ4v) is 4.75. The van der Waals surface area contributed by atoms with Crippen molar-refractivity contribution in [2.24, 2.45) is 0 Å². The molecule has 0 saturated carbocycles. The fourth-order valence-electron chi connectivity index (χ4n) is 3.27. The molecule has 0 unspecified atom stereocenters. The number of aliphatic hydroxyl groups excluding tert-OH is 1. The number of thiazole rings is 1. The monoisotopic (exact) mass is 479 g/mol. The summed E-state index contributed by atoms with van der Waals surface area (Å²) in [6.45, 7) is -0.596. The number of sulfone groups is 1. The first-order valence-electron chi connectivity index (χ1n) is 9.18. The Morgan fingerprint density at radius 1 is 1.06 bits per heavy atom. The minimum atomic E-state index is -4.67. The summed E-state index contributed by atoms with van der Waals surface area (Å²) in [4.78, 5) is 4.12. The largest absolute Gasteiger partial charge is 0.435 e. The average molecular weight is 480 g/mol. The van der Waals surface area contributed by atoms with Crippen LogP contribution >= 0.6 is 11.3 Å². The third-order valence-electron chi connectivity index (χ3n) is 4.77. The Bertz CT molecular complexity index is 1360. The topological polar surface area (TPSA) is 85.1 Å². The van der Waals surface area contributed by atoms with Crippen LogP contribution in [0, 0.1) is 0 Å². The van der Waals surface area contributed by atoms with Crippen LogP contribution in [0.4, 0.5) is 13.2 Å². The number of hydrogen-bond acceptors (Lipinski definition) is 6. The van der Waals surface area contributed by atoms with Gasteiger partial charge in [0.05, 0.1) is 34.1 Å². The lowest BCUT2D eigenvalue weighted by atomic mass is 10.1. The maximum Gasteiger partial charge on any atom is 0.435 e. The second kappa shape index (κ2) is 8.15. The van der Waals surface area contributed by atoms with E-state index >= 15 is 0 Å². The SMILES string of the molecule is CS(=O)(=O)c1ccc(-n2nc(C(F)(F)F)cc2-c2ccc(-c3cscn3)cc2)cc1CO. The van der Waals surface area contributed by atoms with Gasteiger partial charge in [-0.1, -0.05) is 24.3 Å². The number of benzene rings is 2. The van der Waals surface area contributed by atoms with Crippen molar-refractivity contribution in [2.45, 2.75) is 17.7 Å². The average Bonchev–Trinajstić information content (AvgIpc) is 3.43. The molecule has 0 aliphatic rings. The maximum absolute atomic E-state index is 13.4. The molecule has 0 atom stereocenters. The van der Waals surface area contributed by atoms with Crippen LogP contribution in [0.2, 0.25) is 0 Å². The van der Waals surface area contributed by atoms with Gasteiger partial charge >= 0.3 is 6.18 Å². The van der Waals surface area contributed by atoms with E-state index in [-0.39, 0.29) is 21.8 Å². The van der Waals surface area contributed by atoms with E-state index < -0.39 is 28.3 Å². The molecule has 6 nitrogen and oxygen atoms in total. The normalized spacial score (nSPS) is 12.3. The number of aromatic nitrogens is 3. The quantitative estimate of drug-likeness (QED) is 0.453. The van der Waals surface area contributed by atoms with E-state index in [0.717, 1.165) is 28.3 Å². The summed E-state index contributed by atoms with van der Waals surface area (Å²) in [6.07, 6.45) is -3.68. The lowest BCUT2D eigenvalue weighted by Crippen LogP contribution is -2.08. The van der Waals surface area contributed by atoms with Crippen LogP contribution in [0.3, 0.4) is 0 Å². The van der Waals surface area contributed by atoms with Gasteiger partial charge < -0.3 is 5.11 Å². The molecule has 32 heavy (non-hydrogen) atoms. The molecular formula is C21H16F3N3O3S2. The smallest absolute Gasteiger partial charge is 0.392 e. The van der Waals surface area contributed by atoms with Gasteiger partial charge in [0.2, 0.25) is 0 Å². The van der Waals surface area contributed by atoms with Gasteiger partial charge in [-0.15, -0.1) is 11.3 Å². The Kier molecular flexibility index (Phi) is 5.65. The van der Waals surface area contributed by atoms with Gasteiger partial charge in [0.25, 0.3) is 0 Å². The van der Waals surface area contributed by atoms with Gasteiger partial charge in [-0.05, 0) is 29.8 Å². The summed E-state index contributed by atoms with van der Waals surface area (Å²) >= 11 is 1.43. The van der Waals surface area contributed by atoms with Crippen LogP contribution in [0.5, 0.6) is 0 Å². The van der Waals surface area contributed by atoms with E-state index in [4.69, 9.17) is 0 Å². The van der Waals surface area contributed by atoms with Gasteiger partial charge in [-0.3, -0.25) is 0 Å². The number of hydrogen-bond donors (Lipinski definition) is 1. The summed E-state index contributed by atoms with van der Waals surface area (Å²) in [7, 11) is -3.63. The highest BCUT2D eigenvalue weighted by atomic mass is 32.2. The van der Waals surface area contributed by atoms with Crippen molar-refractivity contribution in [3.63, 3.8) is 0 Å². The molecule has 11 heteroatoms. The van der Waals surface area contributed by atoms with E-state index in [2.05, 4.69) is 10.1 Å². The summed E-state index contributed by atoms with van der Waals surface area (Å²) in [5, 5.41) is 15.2. The minimum Gasteiger partial charge on any atom is -0.392 e. The molecule has 0 saturated heterocycles. The zero-order chi connectivity index (χ0) is 23.1. The summed E-state index contributed by atoms with van der Waals surface area (Å²) < 4.78 is 65.2. The van der Waals surface area contributed by atoms with Gasteiger partial charge in [0, 0.05) is 22.8 Å². The van der Waals surface area contributed by atoms with Crippen LogP contribution < -0.4 is 0 Å². The molecule has 0 bridgehead atoms. The summed E-state index contributed by atoms with van der Waals surface area (Å²) in [5.41, 5.74) is 3.07. The minimum absolute atomic E-state index is 0.0684. The van der Waals surface area contributed by atoms with E-state index in [1.165, 1.54) is 29.5 Å². The van der Waals surface area contributed by atoms with Crippen molar-refractivity contribution in [2.75, 3.05) is 6.26 Å². The maximum atomic E-state index is 13.4. The third kappa shape index (κ3) is 4.31. The summed E-state index contributed by atoms with van der Waals surface area (Å²) in [6, 6.07) is 11.7. The van der Waals surface area contributed by atoms with Gasteiger partial charge in [0.1, 0.15) is 0 Å². The lowest BCUT2D eigenvalue weighted by Gasteiger charge is -2.12. The van der Waals surface area contributed by atoms with Gasteiger partial charge in [-0.2, -0.15) is 18.3 Å². The summed E-state index contributed by atoms with van der Waals surface area (Å²) in [5.74, 6) is 0. The Hall–Kier alpha value is -3.02. The van der Waals surface area contributed by atoms with Crippen LogP contribution in [-0.4, -0.2) is 34.5 Å². The predicted molar refractivity (Wildman–Crippen MR) is 114 cm³/mol. The molecule has 2 heterocycles. The Morgan fingerprint density at radius 2 is 1.75 bits per heavy atom. The molecule has 0 aliphatic heterocycles. The second-order valence-electron chi connectivity index (χ2n) is 7.00. The van der Waals surface area contributed by atoms with E-state index in [9.17, 15) is 26.7 Å². The van der Waals surface area contributed by atoms with Crippen molar-refractivity contribution in [1.82, 2.24) is 14.8 Å². The van der Waals surface area contributed by atoms with Crippen molar-refractivity contribution in [3.05, 3.63) is 70.7 Å². The van der Waals surface area contributed by atoms with Gasteiger partial charge in [0.15, 0.2) is 15.5 Å². The third-order valence-corrected chi connectivity index (χ3v) is 6.55. The molecule has 2 aromatic carbocycles. The molecule has 4 rings (SSSR count). The van der Waals surface area contributed by atoms with Gasteiger partial charge in [-0.25, -0.2) is 18.1 Å². The van der Waals surface area contributed by atoms with E-state index in [1.807, 2.05) is 5.38 Å². The molecule has 0 fully saturated rings. The number of alkyl halides is 3. The Balaban J connectivity index is 1.85. The molecule has 0 aliphatic carbocycles. The highest BCUT2D eigenvalue weighted by molar-refractivity contribution is 7.90. The molecule has 2 aromatic heterocycles. The van der Waals surface area contributed by atoms with Crippen LogP contribution in [0.15, 0.2) is 64.3 Å². The highest BCUT2D eigenvalue weighted by Gasteiger charge is 2.35. The molecule has 0 radical (unpaired) electrons. The van der Waals surface area contributed by atoms with Crippen LogP contribution in [0.25, 0.3) is 28.2 Å². The number of nitrogens with zero attached hydrogens (tertiary/aromatic N) is 3.